The molecule has 1 aromatic heterocycles. The third-order valence-electron chi connectivity index (χ3n) is 6.15. The van der Waals surface area contributed by atoms with Crippen molar-refractivity contribution in [1.29, 1.82) is 0 Å². The van der Waals surface area contributed by atoms with Crippen molar-refractivity contribution in [2.75, 3.05) is 6.26 Å². The quantitative estimate of drug-likeness (QED) is 0.649. The molecular formula is C22H28FN3O5S. The summed E-state index contributed by atoms with van der Waals surface area (Å²) in [6, 6.07) is 3.25. The minimum Gasteiger partial charge on any atom is -0.501 e. The summed E-state index contributed by atoms with van der Waals surface area (Å²) in [5.41, 5.74) is -1.22. The highest BCUT2D eigenvalue weighted by Crippen LogP contribution is 2.39. The molecule has 0 spiro atoms. The molecule has 1 aromatic carbocycles. The van der Waals surface area contributed by atoms with Crippen molar-refractivity contribution >= 4 is 15.7 Å². The Labute approximate surface area is 186 Å². The predicted octanol–water partition coefficient (Wildman–Crippen LogP) is 2.66. The minimum absolute atomic E-state index is 0.185. The highest BCUT2D eigenvalue weighted by molar-refractivity contribution is 7.90. The SMILES string of the molecule is CCCC1(CC)CCCn2c1nc(C(=O)NCc1ccc(F)cc1S(C)(=O)=O)c(O)c2=O. The van der Waals surface area contributed by atoms with E-state index in [0.29, 0.717) is 12.4 Å². The van der Waals surface area contributed by atoms with Crippen LogP contribution in [0.3, 0.4) is 0 Å². The highest BCUT2D eigenvalue weighted by atomic mass is 32.2. The maximum atomic E-state index is 13.5. The molecule has 2 N–H and O–H groups in total. The number of aromatic nitrogens is 2. The number of carbonyl (C=O) groups is 1. The zero-order chi connectivity index (χ0) is 23.7. The molecule has 1 aliphatic heterocycles. The second-order valence-corrected chi connectivity index (χ2v) is 10.3. The van der Waals surface area contributed by atoms with Crippen LogP contribution in [-0.4, -0.2) is 35.2 Å². The molecule has 3 rings (SSSR count). The zero-order valence-corrected chi connectivity index (χ0v) is 19.3. The smallest absolute Gasteiger partial charge is 0.296 e. The maximum Gasteiger partial charge on any atom is 0.296 e. The van der Waals surface area contributed by atoms with E-state index in [4.69, 9.17) is 0 Å². The topological polar surface area (TPSA) is 118 Å². The van der Waals surface area contributed by atoms with Crippen molar-refractivity contribution in [1.82, 2.24) is 14.9 Å². The number of halogens is 1. The van der Waals surface area contributed by atoms with Gasteiger partial charge in [-0.3, -0.25) is 14.2 Å². The fraction of sp³-hybridized carbons (Fsp3) is 0.500. The Bertz CT molecular complexity index is 1210. The first kappa shape index (κ1) is 23.9. The van der Waals surface area contributed by atoms with Crippen LogP contribution in [0.4, 0.5) is 4.39 Å². The first-order chi connectivity index (χ1) is 15.0. The van der Waals surface area contributed by atoms with Gasteiger partial charge in [0.2, 0.25) is 5.75 Å². The van der Waals surface area contributed by atoms with Crippen LogP contribution in [-0.2, 0) is 28.3 Å². The van der Waals surface area contributed by atoms with Gasteiger partial charge in [0.05, 0.1) is 4.90 Å². The molecule has 0 bridgehead atoms. The number of aromatic hydroxyl groups is 1. The summed E-state index contributed by atoms with van der Waals surface area (Å²) in [5, 5.41) is 12.9. The van der Waals surface area contributed by atoms with E-state index in [-0.39, 0.29) is 28.1 Å². The van der Waals surface area contributed by atoms with Crippen LogP contribution in [0.5, 0.6) is 5.75 Å². The van der Waals surface area contributed by atoms with Crippen molar-refractivity contribution in [3.05, 3.63) is 51.5 Å². The number of nitrogens with one attached hydrogen (secondary N) is 1. The Balaban J connectivity index is 1.98. The van der Waals surface area contributed by atoms with E-state index in [0.717, 1.165) is 50.5 Å². The molecule has 10 heteroatoms. The minimum atomic E-state index is -3.73. The van der Waals surface area contributed by atoms with Gasteiger partial charge in [-0.05, 0) is 43.4 Å². The fourth-order valence-electron chi connectivity index (χ4n) is 4.51. The molecule has 8 nitrogen and oxygen atoms in total. The van der Waals surface area contributed by atoms with Crippen LogP contribution in [0.1, 0.15) is 67.8 Å². The van der Waals surface area contributed by atoms with Crippen LogP contribution < -0.4 is 10.9 Å². The molecule has 1 aliphatic rings. The second-order valence-electron chi connectivity index (χ2n) is 8.28. The van der Waals surface area contributed by atoms with E-state index < -0.39 is 32.9 Å². The fourth-order valence-corrected chi connectivity index (χ4v) is 5.45. The van der Waals surface area contributed by atoms with Gasteiger partial charge >= 0.3 is 0 Å². The van der Waals surface area contributed by atoms with E-state index in [1.807, 2.05) is 13.8 Å². The monoisotopic (exact) mass is 465 g/mol. The Hall–Kier alpha value is -2.75. The molecule has 0 radical (unpaired) electrons. The van der Waals surface area contributed by atoms with Gasteiger partial charge in [-0.1, -0.05) is 26.3 Å². The van der Waals surface area contributed by atoms with Gasteiger partial charge in [0.15, 0.2) is 15.5 Å². The van der Waals surface area contributed by atoms with E-state index in [2.05, 4.69) is 10.3 Å². The Morgan fingerprint density at radius 2 is 2.06 bits per heavy atom. The molecular weight excluding hydrogens is 437 g/mol. The number of hydrogen-bond acceptors (Lipinski definition) is 6. The molecule has 1 amide bonds. The average Bonchev–Trinajstić information content (AvgIpc) is 2.74. The molecule has 32 heavy (non-hydrogen) atoms. The van der Waals surface area contributed by atoms with Crippen LogP contribution in [0.15, 0.2) is 27.9 Å². The summed E-state index contributed by atoms with van der Waals surface area (Å²) in [6.07, 6.45) is 4.99. The van der Waals surface area contributed by atoms with Gasteiger partial charge in [0.1, 0.15) is 11.6 Å². The number of fused-ring (bicyclic) bond motifs is 1. The van der Waals surface area contributed by atoms with Gasteiger partial charge in [-0.15, -0.1) is 0 Å². The Kier molecular flexibility index (Phi) is 6.73. The molecule has 1 unspecified atom stereocenters. The molecule has 1 atom stereocenters. The molecule has 2 heterocycles. The van der Waals surface area contributed by atoms with Gasteiger partial charge in [0.25, 0.3) is 11.5 Å². The number of sulfone groups is 1. The third kappa shape index (κ3) is 4.41. The molecule has 2 aromatic rings. The van der Waals surface area contributed by atoms with Gasteiger partial charge < -0.3 is 10.4 Å². The van der Waals surface area contributed by atoms with E-state index in [1.54, 1.807) is 0 Å². The lowest BCUT2D eigenvalue weighted by Crippen LogP contribution is -2.42. The summed E-state index contributed by atoms with van der Waals surface area (Å²) in [7, 11) is -3.73. The van der Waals surface area contributed by atoms with Crippen LogP contribution >= 0.6 is 0 Å². The first-order valence-electron chi connectivity index (χ1n) is 10.6. The van der Waals surface area contributed by atoms with Gasteiger partial charge in [0, 0.05) is 24.8 Å². The van der Waals surface area contributed by atoms with E-state index in [1.165, 1.54) is 10.6 Å². The largest absolute Gasteiger partial charge is 0.501 e. The predicted molar refractivity (Wildman–Crippen MR) is 117 cm³/mol. The van der Waals surface area contributed by atoms with E-state index in [9.17, 15) is 27.5 Å². The number of benzene rings is 1. The number of carbonyl (C=O) groups excluding carboxylic acids is 1. The van der Waals surface area contributed by atoms with E-state index >= 15 is 0 Å². The third-order valence-corrected chi connectivity index (χ3v) is 7.32. The number of amides is 1. The Morgan fingerprint density at radius 3 is 2.69 bits per heavy atom. The van der Waals surface area contributed by atoms with Crippen molar-refractivity contribution in [2.45, 2.75) is 69.4 Å². The average molecular weight is 466 g/mol. The van der Waals surface area contributed by atoms with Crippen LogP contribution in [0.25, 0.3) is 0 Å². The zero-order valence-electron chi connectivity index (χ0n) is 18.4. The summed E-state index contributed by atoms with van der Waals surface area (Å²) in [5.74, 6) is -1.76. The van der Waals surface area contributed by atoms with Crippen LogP contribution in [0, 0.1) is 5.82 Å². The summed E-state index contributed by atoms with van der Waals surface area (Å²) >= 11 is 0. The lowest BCUT2D eigenvalue weighted by Gasteiger charge is -2.38. The van der Waals surface area contributed by atoms with Crippen molar-refractivity contribution < 1.29 is 22.7 Å². The second kappa shape index (κ2) is 9.01. The summed E-state index contributed by atoms with van der Waals surface area (Å²) < 4.78 is 38.9. The molecule has 174 valence electrons. The van der Waals surface area contributed by atoms with Crippen molar-refractivity contribution in [3.63, 3.8) is 0 Å². The van der Waals surface area contributed by atoms with Gasteiger partial charge in [-0.25, -0.2) is 17.8 Å². The molecule has 0 aliphatic carbocycles. The van der Waals surface area contributed by atoms with Crippen LogP contribution in [0.2, 0.25) is 0 Å². The lowest BCUT2D eigenvalue weighted by molar-refractivity contribution is 0.0939. The van der Waals surface area contributed by atoms with Crippen molar-refractivity contribution in [3.8, 4) is 5.75 Å². The number of nitrogens with zero attached hydrogens (tertiary/aromatic N) is 2. The molecule has 0 fully saturated rings. The normalized spacial score (nSPS) is 18.2. The number of hydrogen-bond donors (Lipinski definition) is 2. The molecule has 0 saturated heterocycles. The maximum absolute atomic E-state index is 13.5. The first-order valence-corrected chi connectivity index (χ1v) is 12.5. The number of rotatable bonds is 7. The highest BCUT2D eigenvalue weighted by Gasteiger charge is 2.38. The Morgan fingerprint density at radius 1 is 1.34 bits per heavy atom. The summed E-state index contributed by atoms with van der Waals surface area (Å²) in [4.78, 5) is 29.9. The molecule has 0 saturated carbocycles. The summed E-state index contributed by atoms with van der Waals surface area (Å²) in [6.45, 7) is 4.25. The standard InChI is InChI=1S/C22H28FN3O5S/c1-4-9-22(5-2)10-6-11-26-20(29)18(27)17(25-21(22)26)19(28)24-13-14-7-8-15(23)12-16(14)32(3,30)31/h7-8,12,27H,4-6,9-11,13H2,1-3H3,(H,24,28). The lowest BCUT2D eigenvalue weighted by atomic mass is 9.74. The van der Waals surface area contributed by atoms with Gasteiger partial charge in [-0.2, -0.15) is 0 Å². The van der Waals surface area contributed by atoms with Crippen molar-refractivity contribution in [2.24, 2.45) is 0 Å².